The lowest BCUT2D eigenvalue weighted by Crippen LogP contribution is -2.19. The van der Waals surface area contributed by atoms with Gasteiger partial charge in [0.25, 0.3) is 0 Å². The molecule has 1 nitrogen and oxygen atoms in total. The van der Waals surface area contributed by atoms with Crippen LogP contribution in [0.5, 0.6) is 0 Å². The quantitative estimate of drug-likeness (QED) is 0.707. The molecule has 0 aliphatic heterocycles. The van der Waals surface area contributed by atoms with Gasteiger partial charge in [0.05, 0.1) is 0 Å². The summed E-state index contributed by atoms with van der Waals surface area (Å²) in [6, 6.07) is 0.337. The molecule has 0 heterocycles. The van der Waals surface area contributed by atoms with E-state index in [1.54, 1.807) is 0 Å². The summed E-state index contributed by atoms with van der Waals surface area (Å²) in [7, 11) is 0. The summed E-state index contributed by atoms with van der Waals surface area (Å²) >= 11 is 2.02. The topological polar surface area (TPSA) is 26.0 Å². The van der Waals surface area contributed by atoms with Crippen molar-refractivity contribution in [3.8, 4) is 0 Å². The first-order valence-electron chi connectivity index (χ1n) is 5.33. The predicted molar refractivity (Wildman–Crippen MR) is 62.1 cm³/mol. The van der Waals surface area contributed by atoms with E-state index in [1.165, 1.54) is 32.1 Å². The first-order chi connectivity index (χ1) is 6.29. The van der Waals surface area contributed by atoms with Crippen molar-refractivity contribution in [1.82, 2.24) is 0 Å². The van der Waals surface area contributed by atoms with E-state index in [1.807, 2.05) is 11.8 Å². The molecule has 2 unspecified atom stereocenters. The van der Waals surface area contributed by atoms with Gasteiger partial charge in [-0.15, -0.1) is 0 Å². The van der Waals surface area contributed by atoms with Gasteiger partial charge in [0.2, 0.25) is 0 Å². The highest BCUT2D eigenvalue weighted by molar-refractivity contribution is 8.00. The van der Waals surface area contributed by atoms with E-state index in [0.29, 0.717) is 6.04 Å². The van der Waals surface area contributed by atoms with Crippen LogP contribution in [0.1, 0.15) is 39.0 Å². The zero-order valence-corrected chi connectivity index (χ0v) is 9.35. The van der Waals surface area contributed by atoms with Crippen LogP contribution in [0.3, 0.4) is 0 Å². The minimum absolute atomic E-state index is 0.337. The van der Waals surface area contributed by atoms with E-state index >= 15 is 0 Å². The first-order valence-corrected chi connectivity index (χ1v) is 6.38. The SMILES string of the molecule is CC(N)CSC1/C=C\CCCCC1. The molecule has 0 aromatic carbocycles. The summed E-state index contributed by atoms with van der Waals surface area (Å²) < 4.78 is 0. The fourth-order valence-corrected chi connectivity index (χ4v) is 2.65. The summed E-state index contributed by atoms with van der Waals surface area (Å²) in [6.45, 7) is 2.08. The molecule has 76 valence electrons. The summed E-state index contributed by atoms with van der Waals surface area (Å²) in [5.74, 6) is 1.09. The van der Waals surface area contributed by atoms with E-state index in [-0.39, 0.29) is 0 Å². The van der Waals surface area contributed by atoms with Crippen molar-refractivity contribution in [2.75, 3.05) is 5.75 Å². The van der Waals surface area contributed by atoms with Gasteiger partial charge in [0.15, 0.2) is 0 Å². The zero-order chi connectivity index (χ0) is 9.52. The van der Waals surface area contributed by atoms with Crippen LogP contribution in [0.2, 0.25) is 0 Å². The van der Waals surface area contributed by atoms with Gasteiger partial charge in [-0.25, -0.2) is 0 Å². The van der Waals surface area contributed by atoms with Crippen molar-refractivity contribution in [2.45, 2.75) is 50.3 Å². The molecule has 0 bridgehead atoms. The zero-order valence-electron chi connectivity index (χ0n) is 8.54. The molecule has 13 heavy (non-hydrogen) atoms. The van der Waals surface area contributed by atoms with Gasteiger partial charge in [-0.3, -0.25) is 0 Å². The third-order valence-electron chi connectivity index (χ3n) is 2.28. The Bertz CT molecular complexity index is 154. The third kappa shape index (κ3) is 5.37. The molecule has 0 spiro atoms. The highest BCUT2D eigenvalue weighted by Gasteiger charge is 2.07. The number of hydrogen-bond acceptors (Lipinski definition) is 2. The predicted octanol–water partition coefficient (Wildman–Crippen LogP) is 2.96. The van der Waals surface area contributed by atoms with E-state index in [4.69, 9.17) is 5.73 Å². The normalized spacial score (nSPS) is 28.9. The molecule has 0 radical (unpaired) electrons. The van der Waals surface area contributed by atoms with Crippen molar-refractivity contribution in [3.63, 3.8) is 0 Å². The molecule has 2 atom stereocenters. The number of rotatable bonds is 3. The second-order valence-corrected chi connectivity index (χ2v) is 5.19. The lowest BCUT2D eigenvalue weighted by Gasteiger charge is -2.15. The van der Waals surface area contributed by atoms with Crippen LogP contribution in [0.4, 0.5) is 0 Å². The largest absolute Gasteiger partial charge is 0.327 e. The Balaban J connectivity index is 2.24. The Morgan fingerprint density at radius 2 is 2.31 bits per heavy atom. The molecule has 2 heteroatoms. The molecule has 0 aromatic heterocycles. The van der Waals surface area contributed by atoms with Crippen LogP contribution in [0, 0.1) is 0 Å². The molecular formula is C11H21NS. The highest BCUT2D eigenvalue weighted by Crippen LogP contribution is 2.22. The average Bonchev–Trinajstić information content (AvgIpc) is 2.01. The smallest absolute Gasteiger partial charge is 0.0227 e. The fraction of sp³-hybridized carbons (Fsp3) is 0.818. The van der Waals surface area contributed by atoms with Crippen molar-refractivity contribution < 1.29 is 0 Å². The molecule has 1 rings (SSSR count). The van der Waals surface area contributed by atoms with E-state index in [2.05, 4.69) is 19.1 Å². The van der Waals surface area contributed by atoms with E-state index in [9.17, 15) is 0 Å². The summed E-state index contributed by atoms with van der Waals surface area (Å²) in [6.07, 6.45) is 11.5. The number of allylic oxidation sites excluding steroid dienone is 1. The van der Waals surface area contributed by atoms with Crippen LogP contribution in [-0.4, -0.2) is 17.0 Å². The summed E-state index contributed by atoms with van der Waals surface area (Å²) in [4.78, 5) is 0. The Labute approximate surface area is 86.2 Å². The number of nitrogens with two attached hydrogens (primary N) is 1. The van der Waals surface area contributed by atoms with Crippen LogP contribution in [0.15, 0.2) is 12.2 Å². The molecule has 0 fully saturated rings. The molecule has 1 aliphatic carbocycles. The monoisotopic (exact) mass is 199 g/mol. The van der Waals surface area contributed by atoms with E-state index < -0.39 is 0 Å². The minimum Gasteiger partial charge on any atom is -0.327 e. The van der Waals surface area contributed by atoms with Crippen molar-refractivity contribution in [1.29, 1.82) is 0 Å². The molecule has 0 aromatic rings. The molecule has 0 amide bonds. The van der Waals surface area contributed by atoms with Gasteiger partial charge >= 0.3 is 0 Å². The number of thioether (sulfide) groups is 1. The standard InChI is InChI=1S/C11H21NS/c1-10(12)9-13-11-7-5-3-2-4-6-8-11/h5,7,10-11H,2-4,6,8-9,12H2,1H3/b7-5-. The van der Waals surface area contributed by atoms with Gasteiger partial charge in [-0.2, -0.15) is 11.8 Å². The molecule has 0 saturated carbocycles. The molecule has 1 aliphatic rings. The molecule has 2 N–H and O–H groups in total. The van der Waals surface area contributed by atoms with Crippen molar-refractivity contribution >= 4 is 11.8 Å². The molecular weight excluding hydrogens is 178 g/mol. The summed E-state index contributed by atoms with van der Waals surface area (Å²) in [5.41, 5.74) is 5.73. The van der Waals surface area contributed by atoms with Gasteiger partial charge in [-0.1, -0.05) is 25.0 Å². The van der Waals surface area contributed by atoms with Crippen molar-refractivity contribution in [2.24, 2.45) is 5.73 Å². The molecule has 0 saturated heterocycles. The Morgan fingerprint density at radius 3 is 3.08 bits per heavy atom. The third-order valence-corrected chi connectivity index (χ3v) is 3.82. The second-order valence-electron chi connectivity index (χ2n) is 3.92. The Morgan fingerprint density at radius 1 is 1.46 bits per heavy atom. The maximum atomic E-state index is 5.73. The maximum Gasteiger partial charge on any atom is 0.0227 e. The lowest BCUT2D eigenvalue weighted by molar-refractivity contribution is 0.643. The minimum atomic E-state index is 0.337. The van der Waals surface area contributed by atoms with Crippen LogP contribution in [-0.2, 0) is 0 Å². The summed E-state index contributed by atoms with van der Waals surface area (Å²) in [5, 5.41) is 0.728. The average molecular weight is 199 g/mol. The Hall–Kier alpha value is 0.0500. The van der Waals surface area contributed by atoms with Gasteiger partial charge < -0.3 is 5.73 Å². The van der Waals surface area contributed by atoms with Gasteiger partial charge in [0, 0.05) is 17.0 Å². The Kier molecular flexibility index (Phi) is 5.56. The van der Waals surface area contributed by atoms with Crippen LogP contribution < -0.4 is 5.73 Å². The van der Waals surface area contributed by atoms with Crippen LogP contribution >= 0.6 is 11.8 Å². The van der Waals surface area contributed by atoms with Gasteiger partial charge in [0.1, 0.15) is 0 Å². The fourth-order valence-electron chi connectivity index (χ4n) is 1.54. The van der Waals surface area contributed by atoms with E-state index in [0.717, 1.165) is 11.0 Å². The van der Waals surface area contributed by atoms with Crippen molar-refractivity contribution in [3.05, 3.63) is 12.2 Å². The lowest BCUT2D eigenvalue weighted by atomic mass is 10.1. The number of hydrogen-bond donors (Lipinski definition) is 1. The highest BCUT2D eigenvalue weighted by atomic mass is 32.2. The second kappa shape index (κ2) is 6.50. The first kappa shape index (κ1) is 11.1. The van der Waals surface area contributed by atoms with Crippen LogP contribution in [0.25, 0.3) is 0 Å². The maximum absolute atomic E-state index is 5.73. The van der Waals surface area contributed by atoms with Gasteiger partial charge in [-0.05, 0) is 26.2 Å².